The lowest BCUT2D eigenvalue weighted by Gasteiger charge is -2.07. The summed E-state index contributed by atoms with van der Waals surface area (Å²) in [7, 11) is 0.348. The van der Waals surface area contributed by atoms with Crippen LogP contribution in [0.2, 0.25) is 0 Å². The van der Waals surface area contributed by atoms with E-state index in [1.54, 1.807) is 0 Å². The number of unbranched alkanes of at least 4 members (excludes halogenated alkanes) is 6. The van der Waals surface area contributed by atoms with Gasteiger partial charge in [0.1, 0.15) is 0 Å². The Labute approximate surface area is 168 Å². The predicted octanol–water partition coefficient (Wildman–Crippen LogP) is 7.13. The largest absolute Gasteiger partial charge is 0.408 e. The molecule has 0 heterocycles. The van der Waals surface area contributed by atoms with E-state index in [1.165, 1.54) is 61.3 Å². The van der Waals surface area contributed by atoms with E-state index in [9.17, 15) is 0 Å². The maximum Gasteiger partial charge on any atom is 0.269 e. The Morgan fingerprint density at radius 1 is 0.815 bits per heavy atom. The zero-order valence-electron chi connectivity index (χ0n) is 16.6. The molecule has 0 atom stereocenters. The third-order valence-electron chi connectivity index (χ3n) is 4.45. The van der Waals surface area contributed by atoms with Crippen molar-refractivity contribution in [3.05, 3.63) is 83.9 Å². The molecule has 0 aromatic heterocycles. The van der Waals surface area contributed by atoms with Crippen LogP contribution in [-0.4, -0.2) is 16.4 Å². The van der Waals surface area contributed by atoms with Crippen LogP contribution < -0.4 is 0 Å². The van der Waals surface area contributed by atoms with Crippen LogP contribution in [0.4, 0.5) is 0 Å². The monoisotopic (exact) mass is 376 g/mol. The highest BCUT2D eigenvalue weighted by Gasteiger charge is 2.04. The minimum atomic E-state index is 0.348. The van der Waals surface area contributed by atoms with Crippen LogP contribution in [0.25, 0.3) is 11.3 Å². The number of hydrogen-bond donors (Lipinski definition) is 0. The minimum Gasteiger partial charge on any atom is -0.408 e. The topological polar surface area (TPSA) is 9.23 Å². The van der Waals surface area contributed by atoms with Crippen molar-refractivity contribution in [2.75, 3.05) is 6.61 Å². The second-order valence-corrected chi connectivity index (χ2v) is 7.81. The summed E-state index contributed by atoms with van der Waals surface area (Å²) in [6, 6.07) is 21.0. The highest BCUT2D eigenvalue weighted by molar-refractivity contribution is 6.57. The second-order valence-electron chi connectivity index (χ2n) is 6.78. The number of hydrogen-bond acceptors (Lipinski definition) is 1. The molecule has 0 aliphatic carbocycles. The molecule has 2 aromatic carbocycles. The highest BCUT2D eigenvalue weighted by Crippen LogP contribution is 2.17. The first-order valence-electron chi connectivity index (χ1n) is 10.2. The van der Waals surface area contributed by atoms with Gasteiger partial charge < -0.3 is 4.43 Å². The smallest absolute Gasteiger partial charge is 0.269 e. The predicted molar refractivity (Wildman–Crippen MR) is 120 cm³/mol. The molecule has 0 spiro atoms. The first kappa shape index (κ1) is 21.4. The first-order valence-corrected chi connectivity index (χ1v) is 11.2. The van der Waals surface area contributed by atoms with Crippen LogP contribution in [0.15, 0.2) is 72.8 Å². The van der Waals surface area contributed by atoms with Crippen molar-refractivity contribution in [2.24, 2.45) is 0 Å². The molecule has 0 aliphatic heterocycles. The maximum absolute atomic E-state index is 5.95. The van der Waals surface area contributed by atoms with Crippen molar-refractivity contribution in [1.29, 1.82) is 0 Å². The summed E-state index contributed by atoms with van der Waals surface area (Å²) in [6.07, 6.45) is 16.0. The van der Waals surface area contributed by atoms with Crippen molar-refractivity contribution in [2.45, 2.75) is 51.9 Å². The molecule has 2 heteroatoms. The number of benzene rings is 2. The van der Waals surface area contributed by atoms with Gasteiger partial charge in [-0.1, -0.05) is 118 Å². The van der Waals surface area contributed by atoms with Crippen LogP contribution in [0, 0.1) is 0 Å². The summed E-state index contributed by atoms with van der Waals surface area (Å²) < 4.78 is 5.95. The fourth-order valence-corrected chi connectivity index (χ4v) is 3.75. The molecule has 0 saturated carbocycles. The van der Waals surface area contributed by atoms with Crippen LogP contribution in [0.1, 0.15) is 63.0 Å². The van der Waals surface area contributed by atoms with Crippen molar-refractivity contribution in [3.63, 3.8) is 0 Å². The Bertz CT molecular complexity index is 661. The molecule has 0 fully saturated rings. The summed E-state index contributed by atoms with van der Waals surface area (Å²) in [6.45, 7) is 2.95. The van der Waals surface area contributed by atoms with Crippen LogP contribution in [-0.2, 0) is 4.43 Å². The first-order chi connectivity index (χ1) is 13.4. The average Bonchev–Trinajstić information content (AvgIpc) is 2.72. The Kier molecular flexibility index (Phi) is 11.2. The Morgan fingerprint density at radius 3 is 2.22 bits per heavy atom. The SMILES string of the molecule is CCCCCCCC/C=C/CO[Si]/C(=C\c1ccccc1)c1ccccc1. The lowest BCUT2D eigenvalue weighted by molar-refractivity contribution is 0.392. The van der Waals surface area contributed by atoms with Gasteiger partial charge >= 0.3 is 0 Å². The van der Waals surface area contributed by atoms with Crippen molar-refractivity contribution in [3.8, 4) is 0 Å². The summed E-state index contributed by atoms with van der Waals surface area (Å²) >= 11 is 0. The van der Waals surface area contributed by atoms with E-state index in [0.29, 0.717) is 16.4 Å². The lowest BCUT2D eigenvalue weighted by atomic mass is 10.1. The van der Waals surface area contributed by atoms with Gasteiger partial charge in [-0.2, -0.15) is 0 Å². The van der Waals surface area contributed by atoms with Gasteiger partial charge in [-0.25, -0.2) is 0 Å². The normalized spacial score (nSPS) is 12.0. The van der Waals surface area contributed by atoms with Crippen molar-refractivity contribution in [1.82, 2.24) is 0 Å². The zero-order valence-corrected chi connectivity index (χ0v) is 17.6. The van der Waals surface area contributed by atoms with Gasteiger partial charge in [0.15, 0.2) is 0 Å². The third-order valence-corrected chi connectivity index (χ3v) is 5.41. The maximum atomic E-state index is 5.95. The average molecular weight is 377 g/mol. The molecular weight excluding hydrogens is 344 g/mol. The standard InChI is InChI=1S/C25H32OSi/c1-2-3-4-5-6-7-8-9-16-21-26-27-25(24-19-14-11-15-20-24)22-23-17-12-10-13-18-23/h9-20,22H,2-8,21H2,1H3/b16-9+,25-22-. The van der Waals surface area contributed by atoms with Gasteiger partial charge in [0.25, 0.3) is 9.76 Å². The zero-order chi connectivity index (χ0) is 19.0. The quantitative estimate of drug-likeness (QED) is 0.156. The van der Waals surface area contributed by atoms with E-state index in [4.69, 9.17) is 4.43 Å². The van der Waals surface area contributed by atoms with Crippen LogP contribution in [0.3, 0.4) is 0 Å². The summed E-state index contributed by atoms with van der Waals surface area (Å²) in [5.41, 5.74) is 2.45. The van der Waals surface area contributed by atoms with Gasteiger partial charge in [-0.3, -0.25) is 0 Å². The van der Waals surface area contributed by atoms with Crippen molar-refractivity contribution < 1.29 is 4.43 Å². The van der Waals surface area contributed by atoms with Crippen LogP contribution in [0.5, 0.6) is 0 Å². The second kappa shape index (κ2) is 14.2. The van der Waals surface area contributed by atoms with Gasteiger partial charge in [-0.05, 0) is 29.2 Å². The van der Waals surface area contributed by atoms with Gasteiger partial charge in [-0.15, -0.1) is 0 Å². The third kappa shape index (κ3) is 9.55. The molecule has 0 amide bonds. The van der Waals surface area contributed by atoms with Gasteiger partial charge in [0, 0.05) is 0 Å². The van der Waals surface area contributed by atoms with Crippen LogP contribution >= 0.6 is 0 Å². The Hall–Kier alpha value is -1.90. The molecular formula is C25H32OSi. The van der Waals surface area contributed by atoms with E-state index < -0.39 is 0 Å². The lowest BCUT2D eigenvalue weighted by Crippen LogP contribution is -2.02. The molecule has 27 heavy (non-hydrogen) atoms. The molecule has 2 rings (SSSR count). The fraction of sp³-hybridized carbons (Fsp3) is 0.360. The molecule has 142 valence electrons. The molecule has 0 unspecified atom stereocenters. The molecule has 0 N–H and O–H groups in total. The molecule has 0 saturated heterocycles. The van der Waals surface area contributed by atoms with E-state index in [0.717, 1.165) is 0 Å². The van der Waals surface area contributed by atoms with E-state index in [2.05, 4.69) is 79.7 Å². The number of rotatable bonds is 13. The van der Waals surface area contributed by atoms with Gasteiger partial charge in [0.05, 0.1) is 6.61 Å². The summed E-state index contributed by atoms with van der Waals surface area (Å²) in [5, 5.41) is 1.24. The van der Waals surface area contributed by atoms with E-state index in [1.807, 2.05) is 6.07 Å². The molecule has 0 bridgehead atoms. The molecule has 2 radical (unpaired) electrons. The molecule has 2 aromatic rings. The van der Waals surface area contributed by atoms with Crippen molar-refractivity contribution >= 4 is 21.0 Å². The summed E-state index contributed by atoms with van der Waals surface area (Å²) in [5.74, 6) is 0. The Morgan fingerprint density at radius 2 is 1.48 bits per heavy atom. The fourth-order valence-electron chi connectivity index (χ4n) is 2.90. The van der Waals surface area contributed by atoms with Gasteiger partial charge in [0.2, 0.25) is 0 Å². The Balaban J connectivity index is 1.75. The van der Waals surface area contributed by atoms with E-state index >= 15 is 0 Å². The molecule has 1 nitrogen and oxygen atoms in total. The highest BCUT2D eigenvalue weighted by atomic mass is 28.2. The van der Waals surface area contributed by atoms with E-state index in [-0.39, 0.29) is 0 Å². The molecule has 0 aliphatic rings. The number of allylic oxidation sites excluding steroid dienone is 1. The summed E-state index contributed by atoms with van der Waals surface area (Å²) in [4.78, 5) is 0. The minimum absolute atomic E-state index is 0.348.